The van der Waals surface area contributed by atoms with Gasteiger partial charge in [-0.15, -0.1) is 5.10 Å². The first-order valence-corrected chi connectivity index (χ1v) is 12.0. The molecule has 0 spiro atoms. The van der Waals surface area contributed by atoms with E-state index in [4.69, 9.17) is 9.72 Å². The predicted octanol–water partition coefficient (Wildman–Crippen LogP) is 4.44. The summed E-state index contributed by atoms with van der Waals surface area (Å²) in [5.74, 6) is 3.19. The third-order valence-electron chi connectivity index (χ3n) is 6.42. The highest BCUT2D eigenvalue weighted by Gasteiger charge is 2.33. The Labute approximate surface area is 196 Å². The standard InChI is InChI=1S/C25H37N7O/c1-17(2)22(18-11-13-19(33-6)14-12-18)27-23(24-28-29-30-32(24)25(3,4)5)20-16-26-21-10-8-7-9-15-31(20)21/h11-14,16-17,22-23,27H,7-10,15H2,1-6H3. The van der Waals surface area contributed by atoms with E-state index in [0.717, 1.165) is 36.1 Å². The lowest BCUT2D eigenvalue weighted by Crippen LogP contribution is -2.36. The van der Waals surface area contributed by atoms with Gasteiger partial charge in [0.1, 0.15) is 17.6 Å². The zero-order chi connectivity index (χ0) is 23.6. The van der Waals surface area contributed by atoms with E-state index in [1.54, 1.807) is 7.11 Å². The van der Waals surface area contributed by atoms with Gasteiger partial charge < -0.3 is 9.30 Å². The van der Waals surface area contributed by atoms with Crippen molar-refractivity contribution in [1.29, 1.82) is 0 Å². The van der Waals surface area contributed by atoms with Crippen LogP contribution in [0.15, 0.2) is 30.5 Å². The normalized spacial score (nSPS) is 16.3. The predicted molar refractivity (Wildman–Crippen MR) is 128 cm³/mol. The number of benzene rings is 1. The molecule has 1 aliphatic rings. The number of aryl methyl sites for hydroxylation is 1. The summed E-state index contributed by atoms with van der Waals surface area (Å²) in [7, 11) is 1.70. The van der Waals surface area contributed by atoms with Crippen molar-refractivity contribution < 1.29 is 4.74 Å². The van der Waals surface area contributed by atoms with Gasteiger partial charge in [-0.2, -0.15) is 0 Å². The fraction of sp³-hybridized carbons (Fsp3) is 0.600. The monoisotopic (exact) mass is 451 g/mol. The Bertz CT molecular complexity index is 1050. The van der Waals surface area contributed by atoms with E-state index in [9.17, 15) is 0 Å². The van der Waals surface area contributed by atoms with E-state index in [1.165, 1.54) is 24.8 Å². The van der Waals surface area contributed by atoms with Gasteiger partial charge >= 0.3 is 0 Å². The zero-order valence-electron chi connectivity index (χ0n) is 20.7. The maximum atomic E-state index is 5.37. The van der Waals surface area contributed by atoms with Gasteiger partial charge in [-0.05, 0) is 67.7 Å². The fourth-order valence-electron chi connectivity index (χ4n) is 4.66. The summed E-state index contributed by atoms with van der Waals surface area (Å²) < 4.78 is 9.70. The number of hydrogen-bond donors (Lipinski definition) is 1. The van der Waals surface area contributed by atoms with Crippen LogP contribution in [0.3, 0.4) is 0 Å². The van der Waals surface area contributed by atoms with Crippen molar-refractivity contribution in [2.24, 2.45) is 5.92 Å². The molecule has 4 rings (SSSR count). The SMILES string of the molecule is COc1ccc(C(NC(c2nnnn2C(C)(C)C)c2cnc3n2CCCCC3)C(C)C)cc1. The Kier molecular flexibility index (Phi) is 6.83. The van der Waals surface area contributed by atoms with Crippen molar-refractivity contribution in [2.45, 2.75) is 84.5 Å². The van der Waals surface area contributed by atoms with Crippen LogP contribution < -0.4 is 10.1 Å². The largest absolute Gasteiger partial charge is 0.497 e. The molecule has 2 unspecified atom stereocenters. The molecule has 1 N–H and O–H groups in total. The molecule has 33 heavy (non-hydrogen) atoms. The number of nitrogens with one attached hydrogen (secondary N) is 1. The Morgan fingerprint density at radius 1 is 1.06 bits per heavy atom. The first kappa shape index (κ1) is 23.4. The molecule has 0 saturated heterocycles. The summed E-state index contributed by atoms with van der Waals surface area (Å²) in [5.41, 5.74) is 2.10. The summed E-state index contributed by atoms with van der Waals surface area (Å²) in [6.07, 6.45) is 6.63. The Balaban J connectivity index is 1.79. The molecular weight excluding hydrogens is 414 g/mol. The number of aromatic nitrogens is 6. The van der Waals surface area contributed by atoms with Crippen LogP contribution in [-0.4, -0.2) is 36.9 Å². The highest BCUT2D eigenvalue weighted by atomic mass is 16.5. The molecule has 0 bridgehead atoms. The number of hydrogen-bond acceptors (Lipinski definition) is 6. The number of rotatable bonds is 7. The minimum Gasteiger partial charge on any atom is -0.497 e. The molecule has 0 radical (unpaired) electrons. The molecule has 2 aromatic heterocycles. The molecule has 3 aromatic rings. The van der Waals surface area contributed by atoms with Gasteiger partial charge in [0.2, 0.25) is 0 Å². The number of methoxy groups -OCH3 is 1. The summed E-state index contributed by atoms with van der Waals surface area (Å²) in [6, 6.07) is 8.22. The van der Waals surface area contributed by atoms with Gasteiger partial charge in [0.15, 0.2) is 5.82 Å². The Morgan fingerprint density at radius 3 is 2.48 bits per heavy atom. The first-order valence-electron chi connectivity index (χ1n) is 12.0. The quantitative estimate of drug-likeness (QED) is 0.572. The van der Waals surface area contributed by atoms with E-state index in [-0.39, 0.29) is 17.6 Å². The van der Waals surface area contributed by atoms with E-state index in [0.29, 0.717) is 5.92 Å². The van der Waals surface area contributed by atoms with Crippen LogP contribution in [-0.2, 0) is 18.5 Å². The van der Waals surface area contributed by atoms with Crippen molar-refractivity contribution >= 4 is 0 Å². The lowest BCUT2D eigenvalue weighted by Gasteiger charge is -2.31. The lowest BCUT2D eigenvalue weighted by molar-refractivity contribution is 0.306. The number of imidazole rings is 1. The molecule has 1 aliphatic heterocycles. The molecule has 2 atom stereocenters. The topological polar surface area (TPSA) is 82.7 Å². The smallest absolute Gasteiger partial charge is 0.174 e. The summed E-state index contributed by atoms with van der Waals surface area (Å²) >= 11 is 0. The van der Waals surface area contributed by atoms with E-state index < -0.39 is 0 Å². The summed E-state index contributed by atoms with van der Waals surface area (Å²) in [5, 5.41) is 16.9. The third-order valence-corrected chi connectivity index (χ3v) is 6.42. The van der Waals surface area contributed by atoms with E-state index in [1.807, 2.05) is 23.0 Å². The summed E-state index contributed by atoms with van der Waals surface area (Å²) in [6.45, 7) is 11.8. The average molecular weight is 452 g/mol. The van der Waals surface area contributed by atoms with Crippen molar-refractivity contribution in [3.63, 3.8) is 0 Å². The van der Waals surface area contributed by atoms with Gasteiger partial charge in [0, 0.05) is 19.0 Å². The van der Waals surface area contributed by atoms with E-state index in [2.05, 4.69) is 72.2 Å². The second kappa shape index (κ2) is 9.63. The molecule has 0 amide bonds. The molecule has 0 aliphatic carbocycles. The van der Waals surface area contributed by atoms with E-state index >= 15 is 0 Å². The van der Waals surface area contributed by atoms with Crippen molar-refractivity contribution in [2.75, 3.05) is 7.11 Å². The highest BCUT2D eigenvalue weighted by Crippen LogP contribution is 2.32. The van der Waals surface area contributed by atoms with Gasteiger partial charge in [-0.25, -0.2) is 9.67 Å². The zero-order valence-corrected chi connectivity index (χ0v) is 20.7. The van der Waals surface area contributed by atoms with Gasteiger partial charge in [-0.3, -0.25) is 5.32 Å². The maximum Gasteiger partial charge on any atom is 0.174 e. The van der Waals surface area contributed by atoms with Crippen LogP contribution >= 0.6 is 0 Å². The van der Waals surface area contributed by atoms with Crippen LogP contribution in [0.25, 0.3) is 0 Å². The van der Waals surface area contributed by atoms with Crippen LogP contribution in [0.1, 0.15) is 88.9 Å². The molecule has 0 fully saturated rings. The van der Waals surface area contributed by atoms with Crippen molar-refractivity contribution in [3.05, 3.63) is 53.4 Å². The Morgan fingerprint density at radius 2 is 1.82 bits per heavy atom. The number of fused-ring (bicyclic) bond motifs is 1. The molecule has 8 heteroatoms. The van der Waals surface area contributed by atoms with Gasteiger partial charge in [0.05, 0.1) is 24.5 Å². The maximum absolute atomic E-state index is 5.37. The third kappa shape index (κ3) is 4.95. The molecular formula is C25H37N7O. The molecule has 0 saturated carbocycles. The minimum atomic E-state index is -0.242. The average Bonchev–Trinajstić information content (AvgIpc) is 3.36. The number of tetrazole rings is 1. The molecule has 1 aromatic carbocycles. The van der Waals surface area contributed by atoms with Crippen LogP contribution in [0.2, 0.25) is 0 Å². The highest BCUT2D eigenvalue weighted by molar-refractivity contribution is 5.30. The van der Waals surface area contributed by atoms with Crippen LogP contribution in [0.5, 0.6) is 5.75 Å². The van der Waals surface area contributed by atoms with Crippen LogP contribution in [0.4, 0.5) is 0 Å². The lowest BCUT2D eigenvalue weighted by atomic mass is 9.94. The molecule has 178 valence electrons. The number of nitrogens with zero attached hydrogens (tertiary/aromatic N) is 6. The van der Waals surface area contributed by atoms with Crippen molar-refractivity contribution in [1.82, 2.24) is 35.1 Å². The Hall–Kier alpha value is -2.74. The first-order chi connectivity index (χ1) is 15.8. The second-order valence-corrected chi connectivity index (χ2v) is 10.3. The van der Waals surface area contributed by atoms with Gasteiger partial charge in [-0.1, -0.05) is 32.4 Å². The summed E-state index contributed by atoms with van der Waals surface area (Å²) in [4.78, 5) is 4.82. The van der Waals surface area contributed by atoms with Crippen molar-refractivity contribution in [3.8, 4) is 5.75 Å². The minimum absolute atomic E-state index is 0.1000. The van der Waals surface area contributed by atoms with Gasteiger partial charge in [0.25, 0.3) is 0 Å². The van der Waals surface area contributed by atoms with Crippen LogP contribution in [0, 0.1) is 5.92 Å². The number of ether oxygens (including phenoxy) is 1. The second-order valence-electron chi connectivity index (χ2n) is 10.3. The molecule has 8 nitrogen and oxygen atoms in total. The fourth-order valence-corrected chi connectivity index (χ4v) is 4.66. The molecule has 3 heterocycles.